The molecule has 0 atom stereocenters. The molecule has 0 aromatic carbocycles. The number of aromatic nitrogens is 1. The predicted octanol–water partition coefficient (Wildman–Crippen LogP) is 0.806. The molecule has 1 fully saturated rings. The van der Waals surface area contributed by atoms with Gasteiger partial charge in [-0.3, -0.25) is 4.90 Å². The van der Waals surface area contributed by atoms with Crippen molar-refractivity contribution in [3.8, 4) is 0 Å². The fraction of sp³-hybridized carbons (Fsp3) is 0.786. The van der Waals surface area contributed by atoms with Crippen LogP contribution in [0.5, 0.6) is 0 Å². The first-order chi connectivity index (χ1) is 9.75. The second-order valence-corrected chi connectivity index (χ2v) is 6.42. The lowest BCUT2D eigenvalue weighted by molar-refractivity contribution is 0.257. The van der Waals surface area contributed by atoms with Crippen molar-refractivity contribution in [2.45, 2.75) is 6.42 Å². The summed E-state index contributed by atoms with van der Waals surface area (Å²) in [5.41, 5.74) is 0. The Morgan fingerprint density at radius 3 is 2.70 bits per heavy atom. The third-order valence-corrected chi connectivity index (χ3v) is 4.46. The van der Waals surface area contributed by atoms with Gasteiger partial charge in [-0.15, -0.1) is 11.3 Å². The fourth-order valence-electron chi connectivity index (χ4n) is 2.42. The summed E-state index contributed by atoms with van der Waals surface area (Å²) in [6, 6.07) is 0. The minimum atomic E-state index is 1.10. The van der Waals surface area contributed by atoms with E-state index in [1.54, 1.807) is 11.3 Å². The molecule has 1 aliphatic rings. The number of nitrogens with zero attached hydrogens (tertiary/aromatic N) is 4. The second kappa shape index (κ2) is 8.56. The van der Waals surface area contributed by atoms with Crippen molar-refractivity contribution in [3.63, 3.8) is 0 Å². The normalized spacial score (nSPS) is 17.1. The van der Waals surface area contributed by atoms with Gasteiger partial charge in [-0.05, 0) is 33.6 Å². The van der Waals surface area contributed by atoms with Crippen LogP contribution in [0.1, 0.15) is 6.42 Å². The molecule has 1 aliphatic heterocycles. The summed E-state index contributed by atoms with van der Waals surface area (Å²) < 4.78 is 0. The van der Waals surface area contributed by atoms with E-state index in [0.29, 0.717) is 0 Å². The molecule has 0 radical (unpaired) electrons. The van der Waals surface area contributed by atoms with E-state index in [1.165, 1.54) is 18.1 Å². The van der Waals surface area contributed by atoms with Crippen LogP contribution in [-0.4, -0.2) is 81.2 Å². The largest absolute Gasteiger partial charge is 0.346 e. The molecule has 0 saturated carbocycles. The van der Waals surface area contributed by atoms with Gasteiger partial charge in [0.15, 0.2) is 5.13 Å². The third-order valence-electron chi connectivity index (χ3n) is 3.63. The van der Waals surface area contributed by atoms with Crippen LogP contribution in [0.3, 0.4) is 0 Å². The Morgan fingerprint density at radius 1 is 1.25 bits per heavy atom. The summed E-state index contributed by atoms with van der Waals surface area (Å²) in [6.07, 6.45) is 3.12. The van der Waals surface area contributed by atoms with Gasteiger partial charge in [0.25, 0.3) is 0 Å². The molecular weight excluding hydrogens is 270 g/mol. The Kier molecular flexibility index (Phi) is 6.72. The molecular formula is C14H27N5S. The van der Waals surface area contributed by atoms with E-state index in [-0.39, 0.29) is 0 Å². The molecule has 0 unspecified atom stereocenters. The Balaban J connectivity index is 1.52. The molecule has 0 bridgehead atoms. The molecule has 1 aromatic rings. The van der Waals surface area contributed by atoms with E-state index in [2.05, 4.69) is 44.5 Å². The van der Waals surface area contributed by atoms with Crippen LogP contribution < -0.4 is 10.2 Å². The van der Waals surface area contributed by atoms with Gasteiger partial charge >= 0.3 is 0 Å². The molecule has 0 spiro atoms. The molecule has 2 rings (SSSR count). The number of hydrogen-bond acceptors (Lipinski definition) is 6. The first-order valence-corrected chi connectivity index (χ1v) is 8.36. The summed E-state index contributed by atoms with van der Waals surface area (Å²) in [5, 5.41) is 6.76. The number of nitrogens with one attached hydrogen (secondary N) is 1. The minimum Gasteiger partial charge on any atom is -0.346 e. The smallest absolute Gasteiger partial charge is 0.185 e. The van der Waals surface area contributed by atoms with Gasteiger partial charge in [0.2, 0.25) is 0 Å². The van der Waals surface area contributed by atoms with Gasteiger partial charge < -0.3 is 15.1 Å². The maximum atomic E-state index is 4.38. The number of hydrogen-bond donors (Lipinski definition) is 1. The zero-order chi connectivity index (χ0) is 14.2. The average molecular weight is 297 g/mol. The van der Waals surface area contributed by atoms with Crippen molar-refractivity contribution >= 4 is 16.5 Å². The quantitative estimate of drug-likeness (QED) is 0.718. The van der Waals surface area contributed by atoms with E-state index >= 15 is 0 Å². The number of rotatable bonds is 8. The van der Waals surface area contributed by atoms with Crippen molar-refractivity contribution in [1.29, 1.82) is 0 Å². The lowest BCUT2D eigenvalue weighted by Crippen LogP contribution is -2.48. The summed E-state index contributed by atoms with van der Waals surface area (Å²) in [5.74, 6) is 0. The fourth-order valence-corrected chi connectivity index (χ4v) is 3.11. The summed E-state index contributed by atoms with van der Waals surface area (Å²) >= 11 is 1.74. The molecule has 0 aliphatic carbocycles. The lowest BCUT2D eigenvalue weighted by Gasteiger charge is -2.34. The van der Waals surface area contributed by atoms with Crippen molar-refractivity contribution in [3.05, 3.63) is 11.6 Å². The second-order valence-electron chi connectivity index (χ2n) is 5.55. The minimum absolute atomic E-state index is 1.10. The third kappa shape index (κ3) is 5.36. The predicted molar refractivity (Wildman–Crippen MR) is 86.8 cm³/mol. The average Bonchev–Trinajstić information content (AvgIpc) is 2.97. The van der Waals surface area contributed by atoms with Crippen LogP contribution in [0.15, 0.2) is 11.6 Å². The maximum absolute atomic E-state index is 4.38. The SMILES string of the molecule is CN(C)CCCNCCN1CCN(c2nccs2)CC1. The molecule has 5 nitrogen and oxygen atoms in total. The van der Waals surface area contributed by atoms with E-state index in [4.69, 9.17) is 0 Å². The molecule has 114 valence electrons. The zero-order valence-electron chi connectivity index (χ0n) is 12.7. The van der Waals surface area contributed by atoms with Crippen LogP contribution in [-0.2, 0) is 0 Å². The molecule has 1 aromatic heterocycles. The van der Waals surface area contributed by atoms with Gasteiger partial charge in [0.1, 0.15) is 0 Å². The molecule has 6 heteroatoms. The van der Waals surface area contributed by atoms with Gasteiger partial charge in [-0.25, -0.2) is 4.98 Å². The monoisotopic (exact) mass is 297 g/mol. The standard InChI is InChI=1S/C14H27N5S/c1-17(2)7-3-4-15-5-8-18-9-11-19(12-10-18)14-16-6-13-20-14/h6,13,15H,3-5,7-12H2,1-2H3. The number of anilines is 1. The highest BCUT2D eigenvalue weighted by Crippen LogP contribution is 2.18. The number of thiazole rings is 1. The highest BCUT2D eigenvalue weighted by atomic mass is 32.1. The van der Waals surface area contributed by atoms with Gasteiger partial charge in [0.05, 0.1) is 0 Å². The zero-order valence-corrected chi connectivity index (χ0v) is 13.5. The lowest BCUT2D eigenvalue weighted by atomic mass is 10.3. The van der Waals surface area contributed by atoms with Crippen molar-refractivity contribution < 1.29 is 0 Å². The van der Waals surface area contributed by atoms with Gasteiger partial charge in [-0.1, -0.05) is 0 Å². The van der Waals surface area contributed by atoms with Crippen molar-refractivity contribution in [2.75, 3.05) is 71.4 Å². The Morgan fingerprint density at radius 2 is 2.05 bits per heavy atom. The van der Waals surface area contributed by atoms with Crippen molar-refractivity contribution in [2.24, 2.45) is 0 Å². The van der Waals surface area contributed by atoms with Crippen LogP contribution in [0.2, 0.25) is 0 Å². The Labute approximate surface area is 126 Å². The topological polar surface area (TPSA) is 34.6 Å². The summed E-state index contributed by atoms with van der Waals surface area (Å²) in [4.78, 5) is 11.6. The summed E-state index contributed by atoms with van der Waals surface area (Å²) in [6.45, 7) is 9.06. The number of piperazine rings is 1. The van der Waals surface area contributed by atoms with E-state index < -0.39 is 0 Å². The molecule has 1 saturated heterocycles. The molecule has 0 amide bonds. The van der Waals surface area contributed by atoms with Crippen LogP contribution >= 0.6 is 11.3 Å². The maximum Gasteiger partial charge on any atom is 0.185 e. The highest BCUT2D eigenvalue weighted by Gasteiger charge is 2.17. The molecule has 20 heavy (non-hydrogen) atoms. The Hall–Kier alpha value is -0.690. The van der Waals surface area contributed by atoms with Crippen LogP contribution in [0.25, 0.3) is 0 Å². The summed E-state index contributed by atoms with van der Waals surface area (Å²) in [7, 11) is 4.25. The highest BCUT2D eigenvalue weighted by molar-refractivity contribution is 7.13. The van der Waals surface area contributed by atoms with E-state index in [0.717, 1.165) is 45.8 Å². The molecule has 2 heterocycles. The van der Waals surface area contributed by atoms with Gasteiger partial charge in [-0.2, -0.15) is 0 Å². The van der Waals surface area contributed by atoms with E-state index in [1.807, 2.05) is 6.20 Å². The molecule has 1 N–H and O–H groups in total. The Bertz CT molecular complexity index is 346. The first-order valence-electron chi connectivity index (χ1n) is 7.48. The van der Waals surface area contributed by atoms with Crippen molar-refractivity contribution in [1.82, 2.24) is 20.1 Å². The first kappa shape index (κ1) is 15.7. The van der Waals surface area contributed by atoms with Crippen LogP contribution in [0.4, 0.5) is 5.13 Å². The van der Waals surface area contributed by atoms with E-state index in [9.17, 15) is 0 Å². The van der Waals surface area contributed by atoms with Gasteiger partial charge in [0, 0.05) is 50.8 Å². The van der Waals surface area contributed by atoms with Crippen LogP contribution in [0, 0.1) is 0 Å².